The molecule has 2 rings (SSSR count). The van der Waals surface area contributed by atoms with Gasteiger partial charge in [-0.05, 0) is 24.6 Å². The highest BCUT2D eigenvalue weighted by Crippen LogP contribution is 2.07. The smallest absolute Gasteiger partial charge is 0.291 e. The van der Waals surface area contributed by atoms with E-state index in [0.29, 0.717) is 13.1 Å². The van der Waals surface area contributed by atoms with Crippen molar-refractivity contribution >= 4 is 11.9 Å². The second-order valence-electron chi connectivity index (χ2n) is 3.72. The molecule has 18 heavy (non-hydrogen) atoms. The van der Waals surface area contributed by atoms with Crippen LogP contribution in [-0.4, -0.2) is 37.5 Å². The number of carbonyl (C=O) groups excluding carboxylic acids is 1. The van der Waals surface area contributed by atoms with Crippen LogP contribution < -0.4 is 5.73 Å². The van der Waals surface area contributed by atoms with Gasteiger partial charge in [0.2, 0.25) is 11.8 Å². The quantitative estimate of drug-likeness (QED) is 0.815. The van der Waals surface area contributed by atoms with Crippen LogP contribution in [0.15, 0.2) is 24.5 Å². The first-order valence-corrected chi connectivity index (χ1v) is 5.56. The second kappa shape index (κ2) is 5.26. The fourth-order valence-corrected chi connectivity index (χ4v) is 1.56. The Labute approximate surface area is 104 Å². The molecule has 7 nitrogen and oxygen atoms in total. The molecule has 0 aromatic carbocycles. The van der Waals surface area contributed by atoms with Crippen molar-refractivity contribution in [3.05, 3.63) is 35.9 Å². The molecule has 0 radical (unpaired) electrons. The Bertz CT molecular complexity index is 523. The van der Waals surface area contributed by atoms with Crippen molar-refractivity contribution in [2.24, 2.45) is 0 Å². The first-order chi connectivity index (χ1) is 8.70. The molecule has 0 aliphatic carbocycles. The van der Waals surface area contributed by atoms with Crippen molar-refractivity contribution in [2.75, 3.05) is 12.3 Å². The number of rotatable bonds is 4. The number of amides is 1. The Hall–Kier alpha value is -2.44. The number of anilines is 1. The number of aromatic amines is 1. The van der Waals surface area contributed by atoms with Crippen LogP contribution in [0, 0.1) is 0 Å². The summed E-state index contributed by atoms with van der Waals surface area (Å²) in [5, 5.41) is 6.16. The molecular formula is C11H14N6O. The van der Waals surface area contributed by atoms with Crippen molar-refractivity contribution in [3.63, 3.8) is 0 Å². The molecule has 1 amide bonds. The Morgan fingerprint density at radius 1 is 1.44 bits per heavy atom. The summed E-state index contributed by atoms with van der Waals surface area (Å²) in [4.78, 5) is 21.5. The van der Waals surface area contributed by atoms with E-state index in [1.165, 1.54) is 0 Å². The predicted octanol–water partition coefficient (Wildman–Crippen LogP) is 0.444. The minimum atomic E-state index is -0.224. The second-order valence-corrected chi connectivity index (χ2v) is 3.72. The zero-order valence-corrected chi connectivity index (χ0v) is 10.00. The molecule has 0 fully saturated rings. The summed E-state index contributed by atoms with van der Waals surface area (Å²) in [6.07, 6.45) is 3.39. The van der Waals surface area contributed by atoms with E-state index in [2.05, 4.69) is 20.2 Å². The number of aromatic nitrogens is 4. The molecule has 0 bridgehead atoms. The van der Waals surface area contributed by atoms with Crippen LogP contribution >= 0.6 is 0 Å². The van der Waals surface area contributed by atoms with Crippen LogP contribution in [0.3, 0.4) is 0 Å². The zero-order valence-electron chi connectivity index (χ0n) is 10.00. The lowest BCUT2D eigenvalue weighted by atomic mass is 10.2. The maximum absolute atomic E-state index is 12.1. The Morgan fingerprint density at radius 2 is 2.17 bits per heavy atom. The highest BCUT2D eigenvalue weighted by atomic mass is 16.2. The molecule has 0 saturated carbocycles. The third kappa shape index (κ3) is 2.62. The number of hydrogen-bond acceptors (Lipinski definition) is 5. The minimum absolute atomic E-state index is 0.0679. The zero-order chi connectivity index (χ0) is 13.0. The van der Waals surface area contributed by atoms with Crippen molar-refractivity contribution in [2.45, 2.75) is 13.5 Å². The summed E-state index contributed by atoms with van der Waals surface area (Å²) in [5.74, 6) is 0.000215. The van der Waals surface area contributed by atoms with Crippen LogP contribution in [0.1, 0.15) is 23.1 Å². The maximum Gasteiger partial charge on any atom is 0.291 e. The molecule has 2 aromatic heterocycles. The van der Waals surface area contributed by atoms with Gasteiger partial charge in [0.25, 0.3) is 5.91 Å². The lowest BCUT2D eigenvalue weighted by Crippen LogP contribution is -2.31. The largest absolute Gasteiger partial charge is 0.366 e. The van der Waals surface area contributed by atoms with Crippen molar-refractivity contribution in [3.8, 4) is 0 Å². The molecule has 0 aliphatic rings. The average Bonchev–Trinajstić information content (AvgIpc) is 2.83. The van der Waals surface area contributed by atoms with Crippen LogP contribution in [-0.2, 0) is 6.54 Å². The fraction of sp³-hybridized carbons (Fsp3) is 0.273. The number of pyridine rings is 1. The van der Waals surface area contributed by atoms with Gasteiger partial charge in [-0.3, -0.25) is 14.9 Å². The van der Waals surface area contributed by atoms with Gasteiger partial charge in [-0.2, -0.15) is 4.98 Å². The van der Waals surface area contributed by atoms with Gasteiger partial charge in [0.15, 0.2) is 0 Å². The molecule has 0 atom stereocenters. The summed E-state index contributed by atoms with van der Waals surface area (Å²) in [6.45, 7) is 2.97. The first-order valence-electron chi connectivity index (χ1n) is 5.56. The van der Waals surface area contributed by atoms with E-state index in [-0.39, 0.29) is 17.7 Å². The first kappa shape index (κ1) is 12.0. The highest BCUT2D eigenvalue weighted by Gasteiger charge is 2.18. The molecule has 2 heterocycles. The van der Waals surface area contributed by atoms with Crippen LogP contribution in [0.5, 0.6) is 0 Å². The topological polar surface area (TPSA) is 101 Å². The van der Waals surface area contributed by atoms with E-state index in [1.807, 2.05) is 19.1 Å². The van der Waals surface area contributed by atoms with Gasteiger partial charge in [0.05, 0.1) is 0 Å². The fourth-order valence-electron chi connectivity index (χ4n) is 1.56. The third-order valence-electron chi connectivity index (χ3n) is 2.50. The van der Waals surface area contributed by atoms with Crippen LogP contribution in [0.4, 0.5) is 5.95 Å². The number of carbonyl (C=O) groups is 1. The van der Waals surface area contributed by atoms with E-state index in [4.69, 9.17) is 5.73 Å². The minimum Gasteiger partial charge on any atom is -0.366 e. The van der Waals surface area contributed by atoms with Gasteiger partial charge in [0, 0.05) is 25.5 Å². The SMILES string of the molecule is CCN(Cc1ccncc1)C(=O)c1nc(N)n[nH]1. The van der Waals surface area contributed by atoms with E-state index in [1.54, 1.807) is 17.3 Å². The van der Waals surface area contributed by atoms with Gasteiger partial charge in [-0.25, -0.2) is 0 Å². The molecule has 0 spiro atoms. The van der Waals surface area contributed by atoms with E-state index < -0.39 is 0 Å². The normalized spacial score (nSPS) is 10.3. The summed E-state index contributed by atoms with van der Waals surface area (Å²) < 4.78 is 0. The lowest BCUT2D eigenvalue weighted by Gasteiger charge is -2.19. The van der Waals surface area contributed by atoms with Crippen molar-refractivity contribution in [1.29, 1.82) is 0 Å². The number of nitrogens with zero attached hydrogens (tertiary/aromatic N) is 4. The molecule has 7 heteroatoms. The maximum atomic E-state index is 12.1. The van der Waals surface area contributed by atoms with Gasteiger partial charge in [0.1, 0.15) is 0 Å². The van der Waals surface area contributed by atoms with Gasteiger partial charge in [-0.1, -0.05) is 0 Å². The number of nitrogen functional groups attached to an aromatic ring is 1. The summed E-state index contributed by atoms with van der Waals surface area (Å²) in [5.41, 5.74) is 6.39. The van der Waals surface area contributed by atoms with E-state index in [9.17, 15) is 4.79 Å². The highest BCUT2D eigenvalue weighted by molar-refractivity contribution is 5.90. The van der Waals surface area contributed by atoms with E-state index >= 15 is 0 Å². The van der Waals surface area contributed by atoms with E-state index in [0.717, 1.165) is 5.56 Å². The van der Waals surface area contributed by atoms with Gasteiger partial charge in [-0.15, -0.1) is 5.10 Å². The van der Waals surface area contributed by atoms with Crippen LogP contribution in [0.2, 0.25) is 0 Å². The Balaban J connectivity index is 2.12. The molecule has 0 unspecified atom stereocenters. The molecule has 3 N–H and O–H groups in total. The number of hydrogen-bond donors (Lipinski definition) is 2. The summed E-state index contributed by atoms with van der Waals surface area (Å²) in [7, 11) is 0. The number of nitrogens with two attached hydrogens (primary N) is 1. The molecule has 0 saturated heterocycles. The Kier molecular flexibility index (Phi) is 3.52. The third-order valence-corrected chi connectivity index (χ3v) is 2.50. The number of nitrogens with one attached hydrogen (secondary N) is 1. The Morgan fingerprint density at radius 3 is 2.72 bits per heavy atom. The van der Waals surface area contributed by atoms with Gasteiger partial charge >= 0.3 is 0 Å². The monoisotopic (exact) mass is 246 g/mol. The average molecular weight is 246 g/mol. The summed E-state index contributed by atoms with van der Waals surface area (Å²) in [6, 6.07) is 3.73. The van der Waals surface area contributed by atoms with Crippen LogP contribution in [0.25, 0.3) is 0 Å². The molecular weight excluding hydrogens is 232 g/mol. The lowest BCUT2D eigenvalue weighted by molar-refractivity contribution is 0.0740. The van der Waals surface area contributed by atoms with Crippen molar-refractivity contribution < 1.29 is 4.79 Å². The standard InChI is InChI=1S/C11H14N6O/c1-2-17(7-8-3-5-13-6-4-8)10(18)9-14-11(12)16-15-9/h3-6H,2,7H2,1H3,(H3,12,14,15,16). The van der Waals surface area contributed by atoms with Crippen molar-refractivity contribution in [1.82, 2.24) is 25.1 Å². The predicted molar refractivity (Wildman–Crippen MR) is 65.4 cm³/mol. The molecule has 0 aliphatic heterocycles. The summed E-state index contributed by atoms with van der Waals surface area (Å²) >= 11 is 0. The molecule has 94 valence electrons. The molecule has 2 aromatic rings. The van der Waals surface area contributed by atoms with Gasteiger partial charge < -0.3 is 10.6 Å². The number of H-pyrrole nitrogens is 1.